The molecule has 2 amide bonds. The number of hydrogen-bond acceptors (Lipinski definition) is 5. The van der Waals surface area contributed by atoms with E-state index in [1.807, 2.05) is 30.3 Å². The van der Waals surface area contributed by atoms with E-state index < -0.39 is 11.6 Å². The lowest BCUT2D eigenvalue weighted by Gasteiger charge is -2.40. The van der Waals surface area contributed by atoms with Gasteiger partial charge in [-0.1, -0.05) is 30.3 Å². The summed E-state index contributed by atoms with van der Waals surface area (Å²) in [7, 11) is 0. The van der Waals surface area contributed by atoms with Crippen LogP contribution in [-0.2, 0) is 25.7 Å². The molecule has 2 atom stereocenters. The van der Waals surface area contributed by atoms with Gasteiger partial charge in [-0.3, -0.25) is 14.5 Å². The van der Waals surface area contributed by atoms with E-state index in [1.165, 1.54) is 0 Å². The van der Waals surface area contributed by atoms with Crippen LogP contribution in [0, 0.1) is 5.92 Å². The number of ether oxygens (including phenoxy) is 2. The topological polar surface area (TPSA) is 76.2 Å². The molecule has 2 saturated heterocycles. The number of carbonyl (C=O) groups is 3. The first-order valence-corrected chi connectivity index (χ1v) is 10.4. The Morgan fingerprint density at radius 1 is 1.10 bits per heavy atom. The van der Waals surface area contributed by atoms with Crippen molar-refractivity contribution in [1.82, 2.24) is 9.80 Å². The third-order valence-corrected chi connectivity index (χ3v) is 5.86. The highest BCUT2D eigenvalue weighted by atomic mass is 16.6. The summed E-state index contributed by atoms with van der Waals surface area (Å²) < 4.78 is 10.6. The molecule has 2 aliphatic heterocycles. The molecular weight excluding hydrogens is 372 g/mol. The second-order valence-electron chi connectivity index (χ2n) is 7.91. The Labute approximate surface area is 171 Å². The normalized spacial score (nSPS) is 24.3. The van der Waals surface area contributed by atoms with Gasteiger partial charge in [-0.2, -0.15) is 0 Å². The molecular formula is C22H30N2O5. The van der Waals surface area contributed by atoms with E-state index in [2.05, 4.69) is 0 Å². The zero-order valence-electron chi connectivity index (χ0n) is 17.3. The number of piperidine rings is 1. The van der Waals surface area contributed by atoms with Crippen molar-refractivity contribution in [1.29, 1.82) is 0 Å². The molecule has 1 aromatic carbocycles. The first-order chi connectivity index (χ1) is 14.0. The van der Waals surface area contributed by atoms with Crippen molar-refractivity contribution in [3.63, 3.8) is 0 Å². The van der Waals surface area contributed by atoms with Crippen LogP contribution in [0.4, 0.5) is 4.79 Å². The summed E-state index contributed by atoms with van der Waals surface area (Å²) >= 11 is 0. The quantitative estimate of drug-likeness (QED) is 0.708. The number of esters is 1. The molecule has 0 bridgehead atoms. The van der Waals surface area contributed by atoms with Crippen molar-refractivity contribution >= 4 is 18.0 Å². The van der Waals surface area contributed by atoms with Crippen molar-refractivity contribution < 1.29 is 23.9 Å². The summed E-state index contributed by atoms with van der Waals surface area (Å²) in [5.41, 5.74) is -0.0361. The van der Waals surface area contributed by atoms with Crippen LogP contribution >= 0.6 is 0 Å². The highest BCUT2D eigenvalue weighted by molar-refractivity contribution is 5.90. The lowest BCUT2D eigenvalue weighted by atomic mass is 9.92. The van der Waals surface area contributed by atoms with Crippen LogP contribution in [0.5, 0.6) is 0 Å². The number of benzene rings is 1. The van der Waals surface area contributed by atoms with Crippen molar-refractivity contribution in [2.45, 2.75) is 51.7 Å². The van der Waals surface area contributed by atoms with Crippen LogP contribution in [0.3, 0.4) is 0 Å². The van der Waals surface area contributed by atoms with E-state index in [-0.39, 0.29) is 24.4 Å². The predicted octanol–water partition coefficient (Wildman–Crippen LogP) is 2.98. The molecule has 0 aromatic heterocycles. The van der Waals surface area contributed by atoms with Gasteiger partial charge in [-0.15, -0.1) is 0 Å². The van der Waals surface area contributed by atoms with Crippen LogP contribution in [0.2, 0.25) is 0 Å². The zero-order chi connectivity index (χ0) is 20.9. The SMILES string of the molecule is CCOC(=O)C1CCCN(C(=O)C2(C)CCCN2C(=O)OCc2ccccc2)C1. The molecule has 2 fully saturated rings. The molecule has 0 saturated carbocycles. The van der Waals surface area contributed by atoms with Crippen LogP contribution in [0.15, 0.2) is 30.3 Å². The number of nitrogens with zero attached hydrogens (tertiary/aromatic N) is 2. The number of likely N-dealkylation sites (tertiary alicyclic amines) is 2. The number of hydrogen-bond donors (Lipinski definition) is 0. The monoisotopic (exact) mass is 402 g/mol. The van der Waals surface area contributed by atoms with Crippen molar-refractivity contribution in [3.8, 4) is 0 Å². The van der Waals surface area contributed by atoms with Gasteiger partial charge in [0.2, 0.25) is 5.91 Å². The molecule has 0 radical (unpaired) electrons. The second-order valence-corrected chi connectivity index (χ2v) is 7.91. The maximum Gasteiger partial charge on any atom is 0.410 e. The lowest BCUT2D eigenvalue weighted by Crippen LogP contribution is -2.58. The van der Waals surface area contributed by atoms with Gasteiger partial charge in [0.25, 0.3) is 0 Å². The fourth-order valence-corrected chi connectivity index (χ4v) is 4.23. The lowest BCUT2D eigenvalue weighted by molar-refractivity contribution is -0.153. The minimum Gasteiger partial charge on any atom is -0.466 e. The fourth-order valence-electron chi connectivity index (χ4n) is 4.23. The first-order valence-electron chi connectivity index (χ1n) is 10.4. The molecule has 29 heavy (non-hydrogen) atoms. The summed E-state index contributed by atoms with van der Waals surface area (Å²) in [6.45, 7) is 5.53. The molecule has 2 aliphatic rings. The standard InChI is InChI=1S/C22H30N2O5/c1-3-28-19(25)18-11-7-13-23(15-18)20(26)22(2)12-8-14-24(22)21(27)29-16-17-9-5-4-6-10-17/h4-6,9-10,18H,3,7-8,11-16H2,1-2H3. The minimum atomic E-state index is -0.940. The molecule has 2 heterocycles. The van der Waals surface area contributed by atoms with Crippen LogP contribution in [-0.4, -0.2) is 59.5 Å². The van der Waals surface area contributed by atoms with Gasteiger partial charge in [0.15, 0.2) is 0 Å². The summed E-state index contributed by atoms with van der Waals surface area (Å²) in [6, 6.07) is 9.48. The predicted molar refractivity (Wildman–Crippen MR) is 107 cm³/mol. The molecule has 0 aliphatic carbocycles. The van der Waals surface area contributed by atoms with Crippen molar-refractivity contribution in [2.24, 2.45) is 5.92 Å². The van der Waals surface area contributed by atoms with Gasteiger partial charge < -0.3 is 14.4 Å². The molecule has 7 nitrogen and oxygen atoms in total. The zero-order valence-corrected chi connectivity index (χ0v) is 17.3. The largest absolute Gasteiger partial charge is 0.466 e. The summed E-state index contributed by atoms with van der Waals surface area (Å²) in [4.78, 5) is 41.5. The first kappa shape index (κ1) is 21.1. The fraction of sp³-hybridized carbons (Fsp3) is 0.591. The van der Waals surface area contributed by atoms with Gasteiger partial charge in [0.05, 0.1) is 12.5 Å². The Hall–Kier alpha value is -2.57. The Morgan fingerprint density at radius 3 is 2.59 bits per heavy atom. The van der Waals surface area contributed by atoms with E-state index in [4.69, 9.17) is 9.47 Å². The maximum absolute atomic E-state index is 13.4. The van der Waals surface area contributed by atoms with Gasteiger partial charge in [0.1, 0.15) is 12.1 Å². The van der Waals surface area contributed by atoms with Gasteiger partial charge in [-0.25, -0.2) is 4.79 Å². The van der Waals surface area contributed by atoms with Gasteiger partial charge in [-0.05, 0) is 45.1 Å². The molecule has 0 N–H and O–H groups in total. The van der Waals surface area contributed by atoms with Gasteiger partial charge >= 0.3 is 12.1 Å². The van der Waals surface area contributed by atoms with E-state index >= 15 is 0 Å². The molecule has 158 valence electrons. The summed E-state index contributed by atoms with van der Waals surface area (Å²) in [5, 5.41) is 0. The van der Waals surface area contributed by atoms with Crippen LogP contribution < -0.4 is 0 Å². The Morgan fingerprint density at radius 2 is 1.86 bits per heavy atom. The highest BCUT2D eigenvalue weighted by Crippen LogP contribution is 2.33. The van der Waals surface area contributed by atoms with Gasteiger partial charge in [0, 0.05) is 19.6 Å². The van der Waals surface area contributed by atoms with E-state index in [1.54, 1.807) is 23.6 Å². The van der Waals surface area contributed by atoms with E-state index in [0.29, 0.717) is 32.7 Å². The van der Waals surface area contributed by atoms with E-state index in [9.17, 15) is 14.4 Å². The molecule has 0 spiro atoms. The smallest absolute Gasteiger partial charge is 0.410 e. The maximum atomic E-state index is 13.4. The van der Waals surface area contributed by atoms with Crippen LogP contribution in [0.1, 0.15) is 45.1 Å². The third kappa shape index (κ3) is 4.71. The van der Waals surface area contributed by atoms with E-state index in [0.717, 1.165) is 24.8 Å². The Kier molecular flexibility index (Phi) is 6.77. The number of carbonyl (C=O) groups excluding carboxylic acids is 3. The second kappa shape index (κ2) is 9.29. The molecule has 2 unspecified atom stereocenters. The number of rotatable bonds is 5. The average molecular weight is 402 g/mol. The molecule has 3 rings (SSSR count). The Bertz CT molecular complexity index is 738. The number of amides is 2. The van der Waals surface area contributed by atoms with Crippen molar-refractivity contribution in [3.05, 3.63) is 35.9 Å². The minimum absolute atomic E-state index is 0.111. The van der Waals surface area contributed by atoms with Crippen molar-refractivity contribution in [2.75, 3.05) is 26.2 Å². The average Bonchev–Trinajstić information content (AvgIpc) is 3.15. The highest BCUT2D eigenvalue weighted by Gasteiger charge is 2.49. The molecule has 7 heteroatoms. The summed E-state index contributed by atoms with van der Waals surface area (Å²) in [5.74, 6) is -0.655. The summed E-state index contributed by atoms with van der Waals surface area (Å²) in [6.07, 6.45) is 2.34. The molecule has 1 aromatic rings. The van der Waals surface area contributed by atoms with Crippen LogP contribution in [0.25, 0.3) is 0 Å². The third-order valence-electron chi connectivity index (χ3n) is 5.86. The Balaban J connectivity index is 1.64.